The van der Waals surface area contributed by atoms with Gasteiger partial charge in [-0.1, -0.05) is 26.0 Å². The minimum Gasteiger partial charge on any atom is -0.497 e. The standard InChI is InChI=1S/C21H28N2O5S/c1-13(2)18(24)23-21(4,20-22-17(14(3)28-20)19(25)27-6)12-29-11-15-7-9-16(26-5)10-8-15/h7-10,13H,11-12H2,1-6H3,(H,23,24)/t21-/m0/s1. The minimum absolute atomic E-state index is 0.118. The number of nitrogens with one attached hydrogen (secondary N) is 1. The molecule has 2 aromatic rings. The van der Waals surface area contributed by atoms with Gasteiger partial charge in [0.05, 0.1) is 14.2 Å². The molecule has 2 rings (SSSR count). The van der Waals surface area contributed by atoms with Gasteiger partial charge in [-0.15, -0.1) is 0 Å². The van der Waals surface area contributed by atoms with Gasteiger partial charge in [-0.2, -0.15) is 11.8 Å². The Bertz CT molecular complexity index is 847. The van der Waals surface area contributed by atoms with Crippen LogP contribution in [0, 0.1) is 12.8 Å². The number of amides is 1. The van der Waals surface area contributed by atoms with Crippen LogP contribution in [-0.2, 0) is 20.8 Å². The molecule has 0 aliphatic rings. The molecule has 0 saturated carbocycles. The summed E-state index contributed by atoms with van der Waals surface area (Å²) in [5, 5.41) is 3.02. The second-order valence-corrected chi connectivity index (χ2v) is 8.22. The van der Waals surface area contributed by atoms with Crippen molar-refractivity contribution in [1.82, 2.24) is 10.3 Å². The number of esters is 1. The number of methoxy groups -OCH3 is 2. The van der Waals surface area contributed by atoms with Crippen LogP contribution < -0.4 is 10.1 Å². The number of carbonyl (C=O) groups excluding carboxylic acids is 2. The van der Waals surface area contributed by atoms with Crippen LogP contribution in [0.1, 0.15) is 48.5 Å². The Hall–Kier alpha value is -2.48. The molecule has 0 aliphatic carbocycles. The Labute approximate surface area is 175 Å². The highest BCUT2D eigenvalue weighted by atomic mass is 32.2. The van der Waals surface area contributed by atoms with E-state index >= 15 is 0 Å². The van der Waals surface area contributed by atoms with Crippen molar-refractivity contribution in [1.29, 1.82) is 0 Å². The van der Waals surface area contributed by atoms with Gasteiger partial charge in [-0.05, 0) is 31.5 Å². The fourth-order valence-corrected chi connectivity index (χ4v) is 3.71. The Balaban J connectivity index is 2.21. The first-order valence-corrected chi connectivity index (χ1v) is 10.4. The van der Waals surface area contributed by atoms with Gasteiger partial charge >= 0.3 is 5.97 Å². The van der Waals surface area contributed by atoms with E-state index in [4.69, 9.17) is 13.9 Å². The number of hydrogen-bond donors (Lipinski definition) is 1. The predicted octanol–water partition coefficient (Wildman–Crippen LogP) is 3.70. The molecule has 0 bridgehead atoms. The number of rotatable bonds is 9. The first kappa shape index (κ1) is 22.8. The van der Waals surface area contributed by atoms with Crippen molar-refractivity contribution in [2.45, 2.75) is 39.0 Å². The number of aromatic nitrogens is 1. The van der Waals surface area contributed by atoms with E-state index in [9.17, 15) is 9.59 Å². The molecular formula is C21H28N2O5S. The summed E-state index contributed by atoms with van der Waals surface area (Å²) in [5.41, 5.74) is 0.370. The molecule has 0 spiro atoms. The van der Waals surface area contributed by atoms with Crippen LogP contribution in [0.15, 0.2) is 28.7 Å². The molecule has 29 heavy (non-hydrogen) atoms. The second kappa shape index (κ2) is 9.82. The van der Waals surface area contributed by atoms with Crippen molar-refractivity contribution < 1.29 is 23.5 Å². The third-order valence-corrected chi connectivity index (χ3v) is 5.71. The highest BCUT2D eigenvalue weighted by Crippen LogP contribution is 2.29. The SMILES string of the molecule is COC(=O)c1nc([C@](C)(CSCc2ccc(OC)cc2)NC(=O)C(C)C)oc1C. The van der Waals surface area contributed by atoms with Gasteiger partial charge in [0.15, 0.2) is 5.69 Å². The van der Waals surface area contributed by atoms with Gasteiger partial charge in [0.1, 0.15) is 17.0 Å². The normalized spacial score (nSPS) is 13.1. The molecule has 1 atom stereocenters. The lowest BCUT2D eigenvalue weighted by atomic mass is 10.0. The molecule has 158 valence electrons. The topological polar surface area (TPSA) is 90.7 Å². The van der Waals surface area contributed by atoms with Gasteiger partial charge in [-0.25, -0.2) is 9.78 Å². The third-order valence-electron chi connectivity index (χ3n) is 4.39. The summed E-state index contributed by atoms with van der Waals surface area (Å²) in [7, 11) is 2.92. The zero-order valence-corrected chi connectivity index (χ0v) is 18.5. The van der Waals surface area contributed by atoms with E-state index < -0.39 is 11.5 Å². The molecule has 0 unspecified atom stereocenters. The van der Waals surface area contributed by atoms with Crippen LogP contribution >= 0.6 is 11.8 Å². The number of oxazole rings is 1. The molecule has 7 nitrogen and oxygen atoms in total. The van der Waals surface area contributed by atoms with E-state index in [1.54, 1.807) is 25.8 Å². The number of benzene rings is 1. The van der Waals surface area contributed by atoms with Crippen LogP contribution in [0.3, 0.4) is 0 Å². The number of carbonyl (C=O) groups is 2. The van der Waals surface area contributed by atoms with Gasteiger partial charge in [0, 0.05) is 17.4 Å². The largest absolute Gasteiger partial charge is 0.497 e. The first-order valence-electron chi connectivity index (χ1n) is 9.29. The van der Waals surface area contributed by atoms with E-state index in [-0.39, 0.29) is 23.4 Å². The molecule has 1 N–H and O–H groups in total. The first-order chi connectivity index (χ1) is 13.7. The number of ether oxygens (including phenoxy) is 2. The highest BCUT2D eigenvalue weighted by Gasteiger charge is 2.36. The van der Waals surface area contributed by atoms with E-state index in [1.807, 2.05) is 45.0 Å². The summed E-state index contributed by atoms with van der Waals surface area (Å²) in [6.45, 7) is 7.14. The van der Waals surface area contributed by atoms with Gasteiger partial charge < -0.3 is 19.2 Å². The molecule has 1 heterocycles. The van der Waals surface area contributed by atoms with Crippen LogP contribution in [0.4, 0.5) is 0 Å². The minimum atomic E-state index is -0.879. The van der Waals surface area contributed by atoms with Crippen LogP contribution in [0.25, 0.3) is 0 Å². The van der Waals surface area contributed by atoms with E-state index in [1.165, 1.54) is 7.11 Å². The van der Waals surface area contributed by atoms with Crippen LogP contribution in [-0.4, -0.2) is 36.8 Å². The summed E-state index contributed by atoms with van der Waals surface area (Å²) >= 11 is 1.63. The lowest BCUT2D eigenvalue weighted by Crippen LogP contribution is -2.47. The molecule has 0 radical (unpaired) electrons. The van der Waals surface area contributed by atoms with E-state index in [0.717, 1.165) is 17.1 Å². The Morgan fingerprint density at radius 3 is 2.45 bits per heavy atom. The molecule has 0 saturated heterocycles. The lowest BCUT2D eigenvalue weighted by Gasteiger charge is -2.28. The summed E-state index contributed by atoms with van der Waals surface area (Å²) < 4.78 is 15.7. The summed E-state index contributed by atoms with van der Waals surface area (Å²) in [4.78, 5) is 28.7. The van der Waals surface area contributed by atoms with Crippen molar-refractivity contribution in [3.8, 4) is 5.75 Å². The van der Waals surface area contributed by atoms with Crippen molar-refractivity contribution >= 4 is 23.6 Å². The average Bonchev–Trinajstić information content (AvgIpc) is 3.10. The number of aryl methyl sites for hydroxylation is 1. The Morgan fingerprint density at radius 1 is 1.24 bits per heavy atom. The fourth-order valence-electron chi connectivity index (χ4n) is 2.58. The maximum absolute atomic E-state index is 12.4. The Kier molecular flexibility index (Phi) is 7.73. The zero-order valence-electron chi connectivity index (χ0n) is 17.7. The van der Waals surface area contributed by atoms with Crippen molar-refractivity contribution in [3.63, 3.8) is 0 Å². The molecule has 1 aromatic heterocycles. The fraction of sp³-hybridized carbons (Fsp3) is 0.476. The smallest absolute Gasteiger partial charge is 0.360 e. The molecule has 1 amide bonds. The zero-order chi connectivity index (χ0) is 21.6. The van der Waals surface area contributed by atoms with Crippen LogP contribution in [0.2, 0.25) is 0 Å². The molecule has 8 heteroatoms. The van der Waals surface area contributed by atoms with Crippen LogP contribution in [0.5, 0.6) is 5.75 Å². The maximum atomic E-state index is 12.4. The van der Waals surface area contributed by atoms with Crippen molar-refractivity contribution in [2.24, 2.45) is 5.92 Å². The van der Waals surface area contributed by atoms with Crippen molar-refractivity contribution in [3.05, 3.63) is 47.2 Å². The van der Waals surface area contributed by atoms with Gasteiger partial charge in [-0.3, -0.25) is 4.79 Å². The molecular weight excluding hydrogens is 392 g/mol. The average molecular weight is 421 g/mol. The van der Waals surface area contributed by atoms with E-state index in [0.29, 0.717) is 11.5 Å². The number of thioether (sulfide) groups is 1. The van der Waals surface area contributed by atoms with Gasteiger partial charge in [0.2, 0.25) is 11.8 Å². The molecule has 1 aromatic carbocycles. The second-order valence-electron chi connectivity index (χ2n) is 7.23. The summed E-state index contributed by atoms with van der Waals surface area (Å²) in [6, 6.07) is 7.83. The monoisotopic (exact) mass is 420 g/mol. The third kappa shape index (κ3) is 5.76. The highest BCUT2D eigenvalue weighted by molar-refractivity contribution is 7.98. The van der Waals surface area contributed by atoms with Crippen molar-refractivity contribution in [2.75, 3.05) is 20.0 Å². The summed E-state index contributed by atoms with van der Waals surface area (Å²) in [6.07, 6.45) is 0. The predicted molar refractivity (Wildman–Crippen MR) is 112 cm³/mol. The van der Waals surface area contributed by atoms with E-state index in [2.05, 4.69) is 10.3 Å². The Morgan fingerprint density at radius 2 is 1.90 bits per heavy atom. The van der Waals surface area contributed by atoms with Gasteiger partial charge in [0.25, 0.3) is 0 Å². The molecule has 0 fully saturated rings. The molecule has 0 aliphatic heterocycles. The lowest BCUT2D eigenvalue weighted by molar-refractivity contribution is -0.125. The summed E-state index contributed by atoms with van der Waals surface area (Å²) in [5.74, 6) is 1.81. The maximum Gasteiger partial charge on any atom is 0.360 e. The quantitative estimate of drug-likeness (QED) is 0.619. The number of nitrogens with zero attached hydrogens (tertiary/aromatic N) is 1. The number of hydrogen-bond acceptors (Lipinski definition) is 7.